The zero-order valence-corrected chi connectivity index (χ0v) is 14.0. The van der Waals surface area contributed by atoms with Crippen LogP contribution in [-0.4, -0.2) is 25.1 Å². The quantitative estimate of drug-likeness (QED) is 0.738. The summed E-state index contributed by atoms with van der Waals surface area (Å²) in [5.74, 6) is 2.01. The Morgan fingerprint density at radius 1 is 1.24 bits per heavy atom. The third kappa shape index (κ3) is 4.99. The molecule has 0 unspecified atom stereocenters. The predicted octanol–water partition coefficient (Wildman–Crippen LogP) is 3.77. The van der Waals surface area contributed by atoms with E-state index in [9.17, 15) is 0 Å². The van der Waals surface area contributed by atoms with Crippen LogP contribution in [0.1, 0.15) is 57.2 Å². The van der Waals surface area contributed by atoms with E-state index in [0.717, 1.165) is 37.8 Å². The molecular formula is C18H31N3. The molecule has 3 nitrogen and oxygen atoms in total. The van der Waals surface area contributed by atoms with Crippen molar-refractivity contribution < 1.29 is 0 Å². The minimum atomic E-state index is 0.865. The van der Waals surface area contributed by atoms with Crippen molar-refractivity contribution in [2.75, 3.05) is 25.0 Å². The monoisotopic (exact) mass is 289 g/mol. The number of rotatable bonds is 8. The van der Waals surface area contributed by atoms with Gasteiger partial charge in [0, 0.05) is 25.8 Å². The van der Waals surface area contributed by atoms with E-state index in [-0.39, 0.29) is 0 Å². The Morgan fingerprint density at radius 2 is 2.00 bits per heavy atom. The Morgan fingerprint density at radius 3 is 2.67 bits per heavy atom. The largest absolute Gasteiger partial charge is 0.359 e. The molecule has 1 aromatic heterocycles. The Bertz CT molecular complexity index is 424. The van der Waals surface area contributed by atoms with Gasteiger partial charge in [0.05, 0.1) is 0 Å². The number of hydrogen-bond acceptors (Lipinski definition) is 3. The molecule has 0 aliphatic heterocycles. The molecule has 0 aromatic carbocycles. The van der Waals surface area contributed by atoms with Crippen molar-refractivity contribution in [3.05, 3.63) is 23.4 Å². The van der Waals surface area contributed by atoms with Crippen molar-refractivity contribution in [1.82, 2.24) is 10.3 Å². The number of aromatic nitrogens is 1. The minimum Gasteiger partial charge on any atom is -0.359 e. The molecule has 1 N–H and O–H groups in total. The fraction of sp³-hybridized carbons (Fsp3) is 0.722. The number of anilines is 1. The molecule has 0 spiro atoms. The van der Waals surface area contributed by atoms with Crippen molar-refractivity contribution in [2.24, 2.45) is 5.92 Å². The third-order valence-corrected chi connectivity index (χ3v) is 4.44. The second-order valence-corrected chi connectivity index (χ2v) is 6.39. The maximum atomic E-state index is 4.82. The van der Waals surface area contributed by atoms with Crippen LogP contribution in [0, 0.1) is 5.92 Å². The van der Waals surface area contributed by atoms with Crippen LogP contribution in [0.2, 0.25) is 0 Å². The highest BCUT2D eigenvalue weighted by atomic mass is 15.2. The molecule has 1 heterocycles. The number of nitrogens with zero attached hydrogens (tertiary/aromatic N) is 2. The van der Waals surface area contributed by atoms with Crippen LogP contribution >= 0.6 is 0 Å². The Kier molecular flexibility index (Phi) is 6.50. The number of pyridine rings is 1. The van der Waals surface area contributed by atoms with Crippen molar-refractivity contribution in [2.45, 2.75) is 58.9 Å². The molecule has 1 aliphatic carbocycles. The van der Waals surface area contributed by atoms with Crippen LogP contribution in [0.15, 0.2) is 12.1 Å². The fourth-order valence-electron chi connectivity index (χ4n) is 3.20. The molecule has 21 heavy (non-hydrogen) atoms. The zero-order valence-electron chi connectivity index (χ0n) is 14.0. The highest BCUT2D eigenvalue weighted by molar-refractivity contribution is 5.42. The molecule has 1 fully saturated rings. The highest BCUT2D eigenvalue weighted by Gasteiger charge is 2.18. The summed E-state index contributed by atoms with van der Waals surface area (Å²) in [4.78, 5) is 7.18. The summed E-state index contributed by atoms with van der Waals surface area (Å²) in [5.41, 5.74) is 2.57. The van der Waals surface area contributed by atoms with Gasteiger partial charge in [-0.1, -0.05) is 26.7 Å². The van der Waals surface area contributed by atoms with Gasteiger partial charge in [-0.2, -0.15) is 0 Å². The average Bonchev–Trinajstić information content (AvgIpc) is 3.00. The van der Waals surface area contributed by atoms with E-state index in [0.29, 0.717) is 0 Å². The van der Waals surface area contributed by atoms with Crippen LogP contribution in [0.3, 0.4) is 0 Å². The molecule has 1 aliphatic rings. The summed E-state index contributed by atoms with van der Waals surface area (Å²) >= 11 is 0. The first-order valence-corrected chi connectivity index (χ1v) is 8.64. The van der Waals surface area contributed by atoms with Gasteiger partial charge in [0.25, 0.3) is 0 Å². The van der Waals surface area contributed by atoms with Gasteiger partial charge < -0.3 is 10.2 Å². The minimum absolute atomic E-state index is 0.865. The first kappa shape index (κ1) is 16.3. The normalized spacial score (nSPS) is 15.6. The Hall–Kier alpha value is -1.09. The van der Waals surface area contributed by atoms with Crippen molar-refractivity contribution >= 4 is 5.82 Å². The molecular weight excluding hydrogens is 258 g/mol. The van der Waals surface area contributed by atoms with E-state index in [1.54, 1.807) is 0 Å². The van der Waals surface area contributed by atoms with E-state index in [1.807, 2.05) is 0 Å². The summed E-state index contributed by atoms with van der Waals surface area (Å²) in [6, 6.07) is 4.51. The van der Waals surface area contributed by atoms with Gasteiger partial charge in [-0.25, -0.2) is 4.98 Å². The lowest BCUT2D eigenvalue weighted by atomic mass is 10.1. The molecule has 1 aromatic rings. The second kappa shape index (κ2) is 8.38. The van der Waals surface area contributed by atoms with E-state index < -0.39 is 0 Å². The van der Waals surface area contributed by atoms with E-state index >= 15 is 0 Å². The van der Waals surface area contributed by atoms with Gasteiger partial charge in [0.15, 0.2) is 0 Å². The van der Waals surface area contributed by atoms with Gasteiger partial charge in [-0.15, -0.1) is 0 Å². The van der Waals surface area contributed by atoms with Gasteiger partial charge in [-0.3, -0.25) is 0 Å². The smallest absolute Gasteiger partial charge is 0.128 e. The van der Waals surface area contributed by atoms with Crippen molar-refractivity contribution in [3.8, 4) is 0 Å². The fourth-order valence-corrected chi connectivity index (χ4v) is 3.20. The second-order valence-electron chi connectivity index (χ2n) is 6.39. The maximum absolute atomic E-state index is 4.82. The first-order valence-electron chi connectivity index (χ1n) is 8.64. The summed E-state index contributed by atoms with van der Waals surface area (Å²) in [7, 11) is 2.20. The van der Waals surface area contributed by atoms with Crippen molar-refractivity contribution in [1.29, 1.82) is 0 Å². The molecule has 0 amide bonds. The van der Waals surface area contributed by atoms with Gasteiger partial charge in [-0.05, 0) is 55.8 Å². The Labute approximate surface area is 130 Å². The highest BCUT2D eigenvalue weighted by Crippen LogP contribution is 2.26. The molecule has 1 saturated carbocycles. The lowest BCUT2D eigenvalue weighted by molar-refractivity contribution is 0.544. The number of aryl methyl sites for hydroxylation is 1. The van der Waals surface area contributed by atoms with E-state index in [1.165, 1.54) is 43.4 Å². The van der Waals surface area contributed by atoms with E-state index in [2.05, 4.69) is 43.2 Å². The van der Waals surface area contributed by atoms with Crippen LogP contribution in [-0.2, 0) is 13.0 Å². The topological polar surface area (TPSA) is 28.2 Å². The van der Waals surface area contributed by atoms with Crippen LogP contribution in [0.5, 0.6) is 0 Å². The molecule has 2 rings (SSSR count). The SMILES string of the molecule is CCCNCc1cc(CC)nc(N(C)CC2CCCC2)c1. The Balaban J connectivity index is 2.03. The predicted molar refractivity (Wildman–Crippen MR) is 90.8 cm³/mol. The number of hydrogen-bond donors (Lipinski definition) is 1. The summed E-state index contributed by atoms with van der Waals surface area (Å²) in [5, 5.41) is 3.50. The maximum Gasteiger partial charge on any atom is 0.128 e. The summed E-state index contributed by atoms with van der Waals surface area (Å²) < 4.78 is 0. The number of nitrogens with one attached hydrogen (secondary N) is 1. The van der Waals surface area contributed by atoms with Crippen molar-refractivity contribution in [3.63, 3.8) is 0 Å². The lowest BCUT2D eigenvalue weighted by Crippen LogP contribution is -2.25. The molecule has 0 saturated heterocycles. The lowest BCUT2D eigenvalue weighted by Gasteiger charge is -2.23. The molecule has 0 atom stereocenters. The molecule has 3 heteroatoms. The molecule has 0 bridgehead atoms. The average molecular weight is 289 g/mol. The van der Waals surface area contributed by atoms with Gasteiger partial charge in [0.1, 0.15) is 5.82 Å². The first-order chi connectivity index (χ1) is 10.2. The summed E-state index contributed by atoms with van der Waals surface area (Å²) in [6.45, 7) is 7.58. The van der Waals surface area contributed by atoms with Gasteiger partial charge >= 0.3 is 0 Å². The zero-order chi connectivity index (χ0) is 15.1. The third-order valence-electron chi connectivity index (χ3n) is 4.44. The van der Waals surface area contributed by atoms with Crippen LogP contribution in [0.4, 0.5) is 5.82 Å². The molecule has 118 valence electrons. The standard InChI is InChI=1S/C18H31N3/c1-4-10-19-13-16-11-17(5-2)20-18(12-16)21(3)14-15-8-6-7-9-15/h11-12,15,19H,4-10,13-14H2,1-3H3. The van der Waals surface area contributed by atoms with E-state index in [4.69, 9.17) is 4.98 Å². The molecule has 0 radical (unpaired) electrons. The van der Waals surface area contributed by atoms with Crippen LogP contribution < -0.4 is 10.2 Å². The van der Waals surface area contributed by atoms with Crippen LogP contribution in [0.25, 0.3) is 0 Å². The summed E-state index contributed by atoms with van der Waals surface area (Å²) in [6.07, 6.45) is 7.79. The van der Waals surface area contributed by atoms with Gasteiger partial charge in [0.2, 0.25) is 0 Å².